The maximum Gasteiger partial charge on any atom is 0.319 e. The molecule has 4 nitrogen and oxygen atoms in total. The first-order valence-corrected chi connectivity index (χ1v) is 7.48. The van der Waals surface area contributed by atoms with Crippen molar-refractivity contribution in [3.63, 3.8) is 0 Å². The van der Waals surface area contributed by atoms with Crippen LogP contribution in [0.4, 0.5) is 10.5 Å². The van der Waals surface area contributed by atoms with Crippen LogP contribution < -0.4 is 10.6 Å². The van der Waals surface area contributed by atoms with Crippen molar-refractivity contribution in [3.8, 4) is 0 Å². The fourth-order valence-electron chi connectivity index (χ4n) is 1.97. The number of carbonyl (C=O) groups excluding carboxylic acids is 1. The summed E-state index contributed by atoms with van der Waals surface area (Å²) in [4.78, 5) is 11.9. The van der Waals surface area contributed by atoms with Crippen LogP contribution in [0.3, 0.4) is 0 Å². The molecule has 0 aliphatic heterocycles. The van der Waals surface area contributed by atoms with Crippen molar-refractivity contribution in [2.75, 3.05) is 5.32 Å². The van der Waals surface area contributed by atoms with Gasteiger partial charge < -0.3 is 15.7 Å². The molecule has 0 radical (unpaired) electrons. The number of amides is 2. The molecule has 6 heteroatoms. The van der Waals surface area contributed by atoms with E-state index in [0.717, 1.165) is 5.56 Å². The van der Waals surface area contributed by atoms with Gasteiger partial charge in [-0.05, 0) is 30.7 Å². The predicted molar refractivity (Wildman–Crippen MR) is 89.5 cm³/mol. The van der Waals surface area contributed by atoms with Gasteiger partial charge in [0.1, 0.15) is 0 Å². The van der Waals surface area contributed by atoms with Gasteiger partial charge in [0.15, 0.2) is 0 Å². The molecule has 0 saturated carbocycles. The van der Waals surface area contributed by atoms with Crippen LogP contribution >= 0.6 is 23.2 Å². The standard InChI is InChI=1S/C16H16Cl2N2O2/c1-10(15(21)11-5-3-2-4-6-11)19-16(22)20-12-7-8-13(17)14(18)9-12/h2-10,15,21H,1H3,(H2,19,20,22)/t10-,15-/m1/s1. The highest BCUT2D eigenvalue weighted by Gasteiger charge is 2.18. The van der Waals surface area contributed by atoms with Gasteiger partial charge in [0.25, 0.3) is 0 Å². The van der Waals surface area contributed by atoms with E-state index in [9.17, 15) is 9.90 Å². The van der Waals surface area contributed by atoms with E-state index >= 15 is 0 Å². The van der Waals surface area contributed by atoms with E-state index < -0.39 is 18.2 Å². The van der Waals surface area contributed by atoms with Gasteiger partial charge in [0, 0.05) is 5.69 Å². The van der Waals surface area contributed by atoms with Gasteiger partial charge in [0.05, 0.1) is 22.2 Å². The zero-order valence-electron chi connectivity index (χ0n) is 11.9. The Kier molecular flexibility index (Phi) is 5.66. The minimum atomic E-state index is -0.791. The van der Waals surface area contributed by atoms with Gasteiger partial charge >= 0.3 is 6.03 Å². The zero-order chi connectivity index (χ0) is 16.1. The molecule has 2 atom stereocenters. The molecule has 0 bridgehead atoms. The monoisotopic (exact) mass is 338 g/mol. The van der Waals surface area contributed by atoms with E-state index in [2.05, 4.69) is 10.6 Å². The molecule has 22 heavy (non-hydrogen) atoms. The second-order valence-electron chi connectivity index (χ2n) is 4.87. The van der Waals surface area contributed by atoms with E-state index in [1.807, 2.05) is 18.2 Å². The zero-order valence-corrected chi connectivity index (χ0v) is 13.4. The number of aliphatic hydroxyl groups excluding tert-OH is 1. The molecule has 2 rings (SSSR count). The Morgan fingerprint density at radius 1 is 1.09 bits per heavy atom. The molecule has 0 heterocycles. The Morgan fingerprint density at radius 3 is 2.41 bits per heavy atom. The summed E-state index contributed by atoms with van der Waals surface area (Å²) in [5, 5.41) is 16.3. The third-order valence-electron chi connectivity index (χ3n) is 3.15. The number of urea groups is 1. The summed E-state index contributed by atoms with van der Waals surface area (Å²) in [6.07, 6.45) is -0.791. The second-order valence-corrected chi connectivity index (χ2v) is 5.69. The predicted octanol–water partition coefficient (Wildman–Crippen LogP) is 4.24. The normalized spacial score (nSPS) is 13.3. The SMILES string of the molecule is C[C@@H](NC(=O)Nc1ccc(Cl)c(Cl)c1)[C@@H](O)c1ccccc1. The maximum atomic E-state index is 11.9. The van der Waals surface area contributed by atoms with Gasteiger partial charge in [0.2, 0.25) is 0 Å². The molecule has 3 N–H and O–H groups in total. The van der Waals surface area contributed by atoms with Crippen molar-refractivity contribution < 1.29 is 9.90 Å². The average molecular weight is 339 g/mol. The van der Waals surface area contributed by atoms with E-state index in [4.69, 9.17) is 23.2 Å². The quantitative estimate of drug-likeness (QED) is 0.780. The molecule has 2 aromatic carbocycles. The summed E-state index contributed by atoms with van der Waals surface area (Å²) >= 11 is 11.7. The molecule has 0 aliphatic carbocycles. The van der Waals surface area contributed by atoms with Crippen LogP contribution in [-0.2, 0) is 0 Å². The Labute approximate surface area is 139 Å². The minimum Gasteiger partial charge on any atom is -0.386 e. The first kappa shape index (κ1) is 16.6. The lowest BCUT2D eigenvalue weighted by Gasteiger charge is -2.21. The summed E-state index contributed by atoms with van der Waals surface area (Å²) in [6.45, 7) is 1.73. The molecular weight excluding hydrogens is 323 g/mol. The van der Waals surface area contributed by atoms with E-state index in [-0.39, 0.29) is 0 Å². The molecule has 0 spiro atoms. The van der Waals surface area contributed by atoms with Crippen LogP contribution in [0, 0.1) is 0 Å². The summed E-state index contributed by atoms with van der Waals surface area (Å²) in [6, 6.07) is 13.1. The number of halogens is 2. The van der Waals surface area contributed by atoms with Crippen LogP contribution in [0.1, 0.15) is 18.6 Å². The Hall–Kier alpha value is -1.75. The highest BCUT2D eigenvalue weighted by atomic mass is 35.5. The van der Waals surface area contributed by atoms with Gasteiger partial charge in [-0.15, -0.1) is 0 Å². The maximum absolute atomic E-state index is 11.9. The van der Waals surface area contributed by atoms with Gasteiger partial charge in [-0.1, -0.05) is 53.5 Å². The van der Waals surface area contributed by atoms with E-state index in [0.29, 0.717) is 15.7 Å². The second kappa shape index (κ2) is 7.49. The Morgan fingerprint density at radius 2 is 1.77 bits per heavy atom. The summed E-state index contributed by atoms with van der Waals surface area (Å²) in [5.74, 6) is 0. The molecule has 2 amide bonds. The number of hydrogen-bond donors (Lipinski definition) is 3. The smallest absolute Gasteiger partial charge is 0.319 e. The Bertz CT molecular complexity index is 650. The lowest BCUT2D eigenvalue weighted by molar-refractivity contribution is 0.139. The highest BCUT2D eigenvalue weighted by Crippen LogP contribution is 2.25. The fraction of sp³-hybridized carbons (Fsp3) is 0.188. The van der Waals surface area contributed by atoms with Crippen LogP contribution in [0.5, 0.6) is 0 Å². The van der Waals surface area contributed by atoms with Crippen molar-refractivity contribution in [3.05, 3.63) is 64.1 Å². The summed E-state index contributed by atoms with van der Waals surface area (Å²) in [7, 11) is 0. The summed E-state index contributed by atoms with van der Waals surface area (Å²) in [5.41, 5.74) is 1.26. The van der Waals surface area contributed by atoms with Crippen molar-refractivity contribution in [1.82, 2.24) is 5.32 Å². The van der Waals surface area contributed by atoms with Gasteiger partial charge in [-0.3, -0.25) is 0 Å². The van der Waals surface area contributed by atoms with E-state index in [1.165, 1.54) is 0 Å². The average Bonchev–Trinajstić information content (AvgIpc) is 2.51. The topological polar surface area (TPSA) is 61.4 Å². The van der Waals surface area contributed by atoms with Gasteiger partial charge in [-0.2, -0.15) is 0 Å². The van der Waals surface area contributed by atoms with Crippen LogP contribution in [0.15, 0.2) is 48.5 Å². The molecule has 0 saturated heterocycles. The van der Waals surface area contributed by atoms with Crippen LogP contribution in [-0.4, -0.2) is 17.2 Å². The molecule has 2 aromatic rings. The fourth-order valence-corrected chi connectivity index (χ4v) is 2.26. The number of nitrogens with one attached hydrogen (secondary N) is 2. The lowest BCUT2D eigenvalue weighted by Crippen LogP contribution is -2.39. The van der Waals surface area contributed by atoms with Crippen molar-refractivity contribution in [1.29, 1.82) is 0 Å². The molecule has 0 aliphatic rings. The van der Waals surface area contributed by atoms with Crippen molar-refractivity contribution in [2.45, 2.75) is 19.1 Å². The number of carbonyl (C=O) groups is 1. The third kappa shape index (κ3) is 4.37. The molecule has 0 aromatic heterocycles. The third-order valence-corrected chi connectivity index (χ3v) is 3.89. The van der Waals surface area contributed by atoms with Crippen LogP contribution in [0.25, 0.3) is 0 Å². The van der Waals surface area contributed by atoms with Crippen molar-refractivity contribution >= 4 is 34.9 Å². The number of rotatable bonds is 4. The van der Waals surface area contributed by atoms with Gasteiger partial charge in [-0.25, -0.2) is 4.79 Å². The molecule has 0 unspecified atom stereocenters. The number of anilines is 1. The number of aliphatic hydroxyl groups is 1. The minimum absolute atomic E-state index is 0.358. The molecule has 0 fully saturated rings. The van der Waals surface area contributed by atoms with Crippen LogP contribution in [0.2, 0.25) is 10.0 Å². The number of hydrogen-bond acceptors (Lipinski definition) is 2. The first-order chi connectivity index (χ1) is 10.5. The highest BCUT2D eigenvalue weighted by molar-refractivity contribution is 6.42. The molecular formula is C16H16Cl2N2O2. The first-order valence-electron chi connectivity index (χ1n) is 6.73. The summed E-state index contributed by atoms with van der Waals surface area (Å²) < 4.78 is 0. The van der Waals surface area contributed by atoms with Crippen molar-refractivity contribution in [2.24, 2.45) is 0 Å². The Balaban J connectivity index is 1.95. The van der Waals surface area contributed by atoms with E-state index in [1.54, 1.807) is 37.3 Å². The number of benzene rings is 2. The lowest BCUT2D eigenvalue weighted by atomic mass is 10.0. The molecule has 116 valence electrons. The largest absolute Gasteiger partial charge is 0.386 e.